The summed E-state index contributed by atoms with van der Waals surface area (Å²) in [5, 5.41) is 10.3. The monoisotopic (exact) mass is 171 g/mol. The average Bonchev–Trinajstić information content (AvgIpc) is 1.93. The normalized spacial score (nSPS) is 25.8. The first kappa shape index (κ1) is 10.0. The van der Waals surface area contributed by atoms with Crippen LogP contribution in [0.1, 0.15) is 33.6 Å². The lowest BCUT2D eigenvalue weighted by molar-refractivity contribution is -0.0957. The number of nitrogens with zero attached hydrogens (tertiary/aromatic N) is 1. The highest BCUT2D eigenvalue weighted by Crippen LogP contribution is 2.38. The lowest BCUT2D eigenvalue weighted by Crippen LogP contribution is -2.50. The summed E-state index contributed by atoms with van der Waals surface area (Å²) in [6, 6.07) is 0. The molecule has 0 radical (unpaired) electrons. The van der Waals surface area contributed by atoms with Gasteiger partial charge in [0.15, 0.2) is 0 Å². The summed E-state index contributed by atoms with van der Waals surface area (Å²) >= 11 is 0. The summed E-state index contributed by atoms with van der Waals surface area (Å²) < 4.78 is 0. The van der Waals surface area contributed by atoms with E-state index in [1.165, 1.54) is 0 Å². The van der Waals surface area contributed by atoms with Crippen LogP contribution in [0.25, 0.3) is 0 Å². The zero-order chi connectivity index (χ0) is 9.41. The molecule has 0 saturated carbocycles. The standard InChI is InChI=1S/C10H21NO/c1-9(2,3)10(12)5-7-11(4)8-6-10/h12H,5-8H2,1-4H3. The first-order valence-electron chi connectivity index (χ1n) is 4.76. The van der Waals surface area contributed by atoms with Gasteiger partial charge in [-0.3, -0.25) is 0 Å². The Balaban J connectivity index is 2.62. The molecule has 0 aromatic carbocycles. The van der Waals surface area contributed by atoms with Gasteiger partial charge in [0.1, 0.15) is 0 Å². The van der Waals surface area contributed by atoms with Gasteiger partial charge in [-0.1, -0.05) is 20.8 Å². The van der Waals surface area contributed by atoms with Crippen LogP contribution in [0, 0.1) is 5.41 Å². The number of likely N-dealkylation sites (tertiary alicyclic amines) is 1. The van der Waals surface area contributed by atoms with Gasteiger partial charge in [-0.15, -0.1) is 0 Å². The summed E-state index contributed by atoms with van der Waals surface area (Å²) in [5.41, 5.74) is -0.423. The zero-order valence-corrected chi connectivity index (χ0v) is 8.72. The van der Waals surface area contributed by atoms with Crippen molar-refractivity contribution < 1.29 is 5.11 Å². The molecule has 0 atom stereocenters. The van der Waals surface area contributed by atoms with E-state index in [9.17, 15) is 5.11 Å². The van der Waals surface area contributed by atoms with Crippen molar-refractivity contribution >= 4 is 0 Å². The van der Waals surface area contributed by atoms with Gasteiger partial charge >= 0.3 is 0 Å². The van der Waals surface area contributed by atoms with Crippen molar-refractivity contribution in [2.24, 2.45) is 5.41 Å². The largest absolute Gasteiger partial charge is 0.389 e. The lowest BCUT2D eigenvalue weighted by Gasteiger charge is -2.45. The molecule has 0 aromatic heterocycles. The van der Waals surface area contributed by atoms with Gasteiger partial charge < -0.3 is 10.0 Å². The van der Waals surface area contributed by atoms with Crippen LogP contribution in [-0.2, 0) is 0 Å². The third kappa shape index (κ3) is 1.80. The second-order valence-electron chi connectivity index (χ2n) is 5.08. The molecule has 72 valence electrons. The first-order valence-corrected chi connectivity index (χ1v) is 4.76. The quantitative estimate of drug-likeness (QED) is 0.597. The van der Waals surface area contributed by atoms with Crippen LogP contribution in [0.2, 0.25) is 0 Å². The van der Waals surface area contributed by atoms with Gasteiger partial charge in [-0.25, -0.2) is 0 Å². The highest BCUT2D eigenvalue weighted by molar-refractivity contribution is 4.94. The molecule has 1 N–H and O–H groups in total. The molecule has 0 aliphatic carbocycles. The van der Waals surface area contributed by atoms with Crippen LogP contribution in [0.15, 0.2) is 0 Å². The molecule has 1 aliphatic rings. The molecule has 12 heavy (non-hydrogen) atoms. The minimum absolute atomic E-state index is 0.0221. The van der Waals surface area contributed by atoms with Crippen LogP contribution < -0.4 is 0 Å². The minimum Gasteiger partial charge on any atom is -0.389 e. The summed E-state index contributed by atoms with van der Waals surface area (Å²) in [6.45, 7) is 8.41. The topological polar surface area (TPSA) is 23.5 Å². The van der Waals surface area contributed by atoms with Crippen molar-refractivity contribution in [3.63, 3.8) is 0 Å². The molecule has 1 fully saturated rings. The van der Waals surface area contributed by atoms with Crippen LogP contribution >= 0.6 is 0 Å². The smallest absolute Gasteiger partial charge is 0.0720 e. The SMILES string of the molecule is CN1CCC(O)(C(C)(C)C)CC1. The molecule has 1 heterocycles. The van der Waals surface area contributed by atoms with E-state index in [1.54, 1.807) is 0 Å². The highest BCUT2D eigenvalue weighted by atomic mass is 16.3. The van der Waals surface area contributed by atoms with Gasteiger partial charge in [0.25, 0.3) is 0 Å². The van der Waals surface area contributed by atoms with Gasteiger partial charge in [-0.2, -0.15) is 0 Å². The van der Waals surface area contributed by atoms with E-state index in [2.05, 4.69) is 32.7 Å². The van der Waals surface area contributed by atoms with E-state index in [4.69, 9.17) is 0 Å². The summed E-state index contributed by atoms with van der Waals surface area (Å²) in [7, 11) is 2.11. The highest BCUT2D eigenvalue weighted by Gasteiger charge is 2.41. The fourth-order valence-electron chi connectivity index (χ4n) is 1.74. The third-order valence-corrected chi connectivity index (χ3v) is 3.21. The molecule has 0 bridgehead atoms. The Bertz CT molecular complexity index is 152. The second kappa shape index (κ2) is 3.00. The third-order valence-electron chi connectivity index (χ3n) is 3.21. The Morgan fingerprint density at radius 1 is 1.17 bits per heavy atom. The molecule has 1 rings (SSSR count). The van der Waals surface area contributed by atoms with E-state index >= 15 is 0 Å². The molecular weight excluding hydrogens is 150 g/mol. The van der Waals surface area contributed by atoms with E-state index in [0.717, 1.165) is 25.9 Å². The van der Waals surface area contributed by atoms with Gasteiger partial charge in [-0.05, 0) is 25.3 Å². The number of aliphatic hydroxyl groups is 1. The number of hydrogen-bond donors (Lipinski definition) is 1. The first-order chi connectivity index (χ1) is 5.35. The fraction of sp³-hybridized carbons (Fsp3) is 1.00. The maximum Gasteiger partial charge on any atom is 0.0720 e. The van der Waals surface area contributed by atoms with Crippen LogP contribution in [0.5, 0.6) is 0 Å². The van der Waals surface area contributed by atoms with Crippen molar-refractivity contribution in [3.05, 3.63) is 0 Å². The van der Waals surface area contributed by atoms with Crippen LogP contribution in [0.3, 0.4) is 0 Å². The summed E-state index contributed by atoms with van der Waals surface area (Å²) in [4.78, 5) is 2.28. The summed E-state index contributed by atoms with van der Waals surface area (Å²) in [5.74, 6) is 0. The van der Waals surface area contributed by atoms with Gasteiger partial charge in [0.2, 0.25) is 0 Å². The van der Waals surface area contributed by atoms with E-state index < -0.39 is 5.60 Å². The van der Waals surface area contributed by atoms with E-state index in [0.29, 0.717) is 0 Å². The Labute approximate surface area is 75.6 Å². The average molecular weight is 171 g/mol. The zero-order valence-electron chi connectivity index (χ0n) is 8.72. The predicted octanol–water partition coefficient (Wildman–Crippen LogP) is 1.49. The number of rotatable bonds is 0. The van der Waals surface area contributed by atoms with Gasteiger partial charge in [0, 0.05) is 13.1 Å². The molecule has 2 heteroatoms. The lowest BCUT2D eigenvalue weighted by atomic mass is 9.71. The molecule has 2 nitrogen and oxygen atoms in total. The van der Waals surface area contributed by atoms with E-state index in [-0.39, 0.29) is 5.41 Å². The number of hydrogen-bond acceptors (Lipinski definition) is 2. The minimum atomic E-state index is -0.445. The molecule has 1 aliphatic heterocycles. The van der Waals surface area contributed by atoms with Crippen molar-refractivity contribution in [2.75, 3.05) is 20.1 Å². The Morgan fingerprint density at radius 3 is 1.92 bits per heavy atom. The van der Waals surface area contributed by atoms with Crippen molar-refractivity contribution in [2.45, 2.75) is 39.2 Å². The maximum atomic E-state index is 10.3. The molecule has 1 saturated heterocycles. The van der Waals surface area contributed by atoms with Crippen molar-refractivity contribution in [1.82, 2.24) is 4.90 Å². The summed E-state index contributed by atoms with van der Waals surface area (Å²) in [6.07, 6.45) is 1.82. The molecule has 0 aromatic rings. The predicted molar refractivity (Wildman–Crippen MR) is 51.1 cm³/mol. The second-order valence-corrected chi connectivity index (χ2v) is 5.08. The molecule has 0 amide bonds. The number of piperidine rings is 1. The van der Waals surface area contributed by atoms with Crippen molar-refractivity contribution in [3.8, 4) is 0 Å². The van der Waals surface area contributed by atoms with Crippen LogP contribution in [0.4, 0.5) is 0 Å². The molecule has 0 spiro atoms. The Kier molecular flexibility index (Phi) is 2.50. The van der Waals surface area contributed by atoms with E-state index in [1.807, 2.05) is 0 Å². The van der Waals surface area contributed by atoms with Crippen molar-refractivity contribution in [1.29, 1.82) is 0 Å². The van der Waals surface area contributed by atoms with Gasteiger partial charge in [0.05, 0.1) is 5.60 Å². The molecular formula is C10H21NO. The maximum absolute atomic E-state index is 10.3. The Morgan fingerprint density at radius 2 is 1.58 bits per heavy atom. The fourth-order valence-corrected chi connectivity index (χ4v) is 1.74. The van der Waals surface area contributed by atoms with Crippen LogP contribution in [-0.4, -0.2) is 35.7 Å². The Hall–Kier alpha value is -0.0800. The molecule has 0 unspecified atom stereocenters.